The van der Waals surface area contributed by atoms with Crippen LogP contribution in [0.25, 0.3) is 0 Å². The molecule has 1 atom stereocenters. The van der Waals surface area contributed by atoms with Crippen LogP contribution in [0.5, 0.6) is 5.75 Å². The normalized spacial score (nSPS) is 20.5. The van der Waals surface area contributed by atoms with Crippen molar-refractivity contribution >= 4 is 17.6 Å². The Kier molecular flexibility index (Phi) is 5.73. The lowest BCUT2D eigenvalue weighted by molar-refractivity contribution is -0.274. The van der Waals surface area contributed by atoms with Crippen LogP contribution in [0.3, 0.4) is 0 Å². The number of halogens is 3. The molecule has 1 aromatic carbocycles. The van der Waals surface area contributed by atoms with E-state index in [0.717, 1.165) is 25.0 Å². The standard InChI is InChI=1S/C17H20F3N3O4/c18-17(19,20)27-13-4-1-3-12(11-13)21-16(25)23-8-6-22(7-9-23)15(24)14-5-2-10-26-14/h1,3-4,11,14H,2,5-10H2,(H,21,25)/t14-/m0/s1. The molecular weight excluding hydrogens is 367 g/mol. The summed E-state index contributed by atoms with van der Waals surface area (Å²) in [5.74, 6) is -0.461. The van der Waals surface area contributed by atoms with Gasteiger partial charge in [-0.2, -0.15) is 0 Å². The van der Waals surface area contributed by atoms with E-state index in [1.54, 1.807) is 4.90 Å². The molecule has 148 valence electrons. The van der Waals surface area contributed by atoms with Gasteiger partial charge < -0.3 is 24.6 Å². The topological polar surface area (TPSA) is 71.1 Å². The van der Waals surface area contributed by atoms with Gasteiger partial charge in [-0.3, -0.25) is 4.79 Å². The number of hydrogen-bond acceptors (Lipinski definition) is 4. The minimum Gasteiger partial charge on any atom is -0.406 e. The number of benzene rings is 1. The average Bonchev–Trinajstić information content (AvgIpc) is 3.14. The Morgan fingerprint density at radius 3 is 2.48 bits per heavy atom. The molecule has 7 nitrogen and oxygen atoms in total. The SMILES string of the molecule is O=C(Nc1cccc(OC(F)(F)F)c1)N1CCN(C(=O)[C@@H]2CCCO2)CC1. The van der Waals surface area contributed by atoms with Crippen molar-refractivity contribution in [3.8, 4) is 5.75 Å². The number of anilines is 1. The van der Waals surface area contributed by atoms with Gasteiger partial charge in [-0.25, -0.2) is 4.79 Å². The van der Waals surface area contributed by atoms with E-state index >= 15 is 0 Å². The molecule has 2 aliphatic heterocycles. The van der Waals surface area contributed by atoms with Gasteiger partial charge in [0.1, 0.15) is 11.9 Å². The van der Waals surface area contributed by atoms with E-state index in [1.807, 2.05) is 0 Å². The molecule has 2 aliphatic rings. The van der Waals surface area contributed by atoms with Crippen LogP contribution in [0.15, 0.2) is 24.3 Å². The average molecular weight is 387 g/mol. The lowest BCUT2D eigenvalue weighted by Gasteiger charge is -2.35. The summed E-state index contributed by atoms with van der Waals surface area (Å²) in [7, 11) is 0. The third kappa shape index (κ3) is 5.25. The molecule has 0 aliphatic carbocycles. The van der Waals surface area contributed by atoms with Crippen molar-refractivity contribution in [3.63, 3.8) is 0 Å². The molecule has 10 heteroatoms. The fourth-order valence-corrected chi connectivity index (χ4v) is 3.08. The van der Waals surface area contributed by atoms with Gasteiger partial charge >= 0.3 is 12.4 Å². The summed E-state index contributed by atoms with van der Waals surface area (Å²) < 4.78 is 46.1. The number of ether oxygens (including phenoxy) is 2. The molecule has 27 heavy (non-hydrogen) atoms. The number of nitrogens with zero attached hydrogens (tertiary/aromatic N) is 2. The second-order valence-corrected chi connectivity index (χ2v) is 6.32. The Morgan fingerprint density at radius 2 is 1.85 bits per heavy atom. The number of carbonyl (C=O) groups excluding carboxylic acids is 2. The highest BCUT2D eigenvalue weighted by Gasteiger charge is 2.32. The van der Waals surface area contributed by atoms with Crippen molar-refractivity contribution in [3.05, 3.63) is 24.3 Å². The minimum atomic E-state index is -4.80. The van der Waals surface area contributed by atoms with Crippen LogP contribution in [0.1, 0.15) is 12.8 Å². The third-order valence-corrected chi connectivity index (χ3v) is 4.40. The second-order valence-electron chi connectivity index (χ2n) is 6.32. The number of piperazine rings is 1. The van der Waals surface area contributed by atoms with Gasteiger partial charge in [0.05, 0.1) is 0 Å². The summed E-state index contributed by atoms with van der Waals surface area (Å²) in [4.78, 5) is 27.8. The first-order valence-electron chi connectivity index (χ1n) is 8.64. The molecule has 2 saturated heterocycles. The monoisotopic (exact) mass is 387 g/mol. The maximum atomic E-state index is 12.3. The van der Waals surface area contributed by atoms with Crippen LogP contribution in [-0.4, -0.2) is 67.0 Å². The van der Waals surface area contributed by atoms with E-state index in [1.165, 1.54) is 17.0 Å². The van der Waals surface area contributed by atoms with Gasteiger partial charge in [-0.15, -0.1) is 13.2 Å². The molecule has 0 saturated carbocycles. The maximum absolute atomic E-state index is 12.3. The largest absolute Gasteiger partial charge is 0.573 e. The molecule has 0 radical (unpaired) electrons. The molecule has 3 rings (SSSR count). The number of urea groups is 1. The number of carbonyl (C=O) groups is 2. The van der Waals surface area contributed by atoms with Gasteiger partial charge in [-0.05, 0) is 25.0 Å². The zero-order valence-electron chi connectivity index (χ0n) is 14.5. The lowest BCUT2D eigenvalue weighted by Crippen LogP contribution is -2.53. The molecule has 1 aromatic rings. The van der Waals surface area contributed by atoms with Crippen LogP contribution in [-0.2, 0) is 9.53 Å². The molecule has 1 N–H and O–H groups in total. The summed E-state index contributed by atoms with van der Waals surface area (Å²) in [6.45, 7) is 2.05. The molecule has 2 heterocycles. The fraction of sp³-hybridized carbons (Fsp3) is 0.529. The van der Waals surface area contributed by atoms with Gasteiger partial charge in [-0.1, -0.05) is 6.07 Å². The molecule has 0 unspecified atom stereocenters. The maximum Gasteiger partial charge on any atom is 0.573 e. The summed E-state index contributed by atoms with van der Waals surface area (Å²) in [5, 5.41) is 2.55. The van der Waals surface area contributed by atoms with Crippen molar-refractivity contribution in [2.45, 2.75) is 25.3 Å². The van der Waals surface area contributed by atoms with E-state index < -0.39 is 18.1 Å². The van der Waals surface area contributed by atoms with Crippen LogP contribution < -0.4 is 10.1 Å². The van der Waals surface area contributed by atoms with Crippen molar-refractivity contribution in [1.82, 2.24) is 9.80 Å². The number of alkyl halides is 3. The number of nitrogens with one attached hydrogen (secondary N) is 1. The van der Waals surface area contributed by atoms with E-state index in [-0.39, 0.29) is 17.7 Å². The predicted molar refractivity (Wildman–Crippen MR) is 89.3 cm³/mol. The number of rotatable bonds is 3. The van der Waals surface area contributed by atoms with Gasteiger partial charge in [0.15, 0.2) is 0 Å². The predicted octanol–water partition coefficient (Wildman–Crippen LogP) is 2.44. The van der Waals surface area contributed by atoms with E-state index in [2.05, 4.69) is 10.1 Å². The van der Waals surface area contributed by atoms with Crippen LogP contribution in [0.4, 0.5) is 23.7 Å². The molecule has 0 bridgehead atoms. The molecule has 2 fully saturated rings. The Morgan fingerprint density at radius 1 is 1.15 bits per heavy atom. The number of amides is 3. The first kappa shape index (κ1) is 19.3. The highest BCUT2D eigenvalue weighted by molar-refractivity contribution is 5.90. The quantitative estimate of drug-likeness (QED) is 0.865. The first-order valence-corrected chi connectivity index (χ1v) is 8.64. The second kappa shape index (κ2) is 8.03. The summed E-state index contributed by atoms with van der Waals surface area (Å²) in [6, 6.07) is 4.64. The van der Waals surface area contributed by atoms with Gasteiger partial charge in [0.25, 0.3) is 5.91 Å². The Bertz CT molecular complexity index is 684. The van der Waals surface area contributed by atoms with Crippen LogP contribution >= 0.6 is 0 Å². The smallest absolute Gasteiger partial charge is 0.406 e. The molecule has 3 amide bonds. The zero-order valence-corrected chi connectivity index (χ0v) is 14.5. The summed E-state index contributed by atoms with van der Waals surface area (Å²) in [5.41, 5.74) is 0.194. The zero-order chi connectivity index (χ0) is 19.4. The molecular formula is C17H20F3N3O4. The highest BCUT2D eigenvalue weighted by atomic mass is 19.4. The fourth-order valence-electron chi connectivity index (χ4n) is 3.08. The van der Waals surface area contributed by atoms with E-state index in [9.17, 15) is 22.8 Å². The molecule has 0 aromatic heterocycles. The number of hydrogen-bond donors (Lipinski definition) is 1. The lowest BCUT2D eigenvalue weighted by atomic mass is 10.2. The van der Waals surface area contributed by atoms with Gasteiger partial charge in [0, 0.05) is 44.5 Å². The summed E-state index contributed by atoms with van der Waals surface area (Å²) >= 11 is 0. The van der Waals surface area contributed by atoms with E-state index in [0.29, 0.717) is 32.8 Å². The third-order valence-electron chi connectivity index (χ3n) is 4.40. The van der Waals surface area contributed by atoms with E-state index in [4.69, 9.17) is 4.74 Å². The summed E-state index contributed by atoms with van der Waals surface area (Å²) in [6.07, 6.45) is -3.60. The van der Waals surface area contributed by atoms with Crippen molar-refractivity contribution in [2.24, 2.45) is 0 Å². The first-order chi connectivity index (χ1) is 12.8. The Labute approximate surface area is 154 Å². The van der Waals surface area contributed by atoms with Crippen LogP contribution in [0.2, 0.25) is 0 Å². The van der Waals surface area contributed by atoms with Crippen molar-refractivity contribution in [1.29, 1.82) is 0 Å². The van der Waals surface area contributed by atoms with Crippen molar-refractivity contribution in [2.75, 3.05) is 38.1 Å². The highest BCUT2D eigenvalue weighted by Crippen LogP contribution is 2.25. The molecule has 0 spiro atoms. The van der Waals surface area contributed by atoms with Crippen molar-refractivity contribution < 1.29 is 32.2 Å². The Hall–Kier alpha value is -2.49. The Balaban J connectivity index is 1.51. The van der Waals surface area contributed by atoms with Gasteiger partial charge in [0.2, 0.25) is 0 Å². The van der Waals surface area contributed by atoms with Crippen LogP contribution in [0, 0.1) is 0 Å². The minimum absolute atomic E-state index is 0.0513.